The Hall–Kier alpha value is -0.600. The van der Waals surface area contributed by atoms with Crippen molar-refractivity contribution in [1.82, 2.24) is 0 Å². The molecule has 22 heavy (non-hydrogen) atoms. The molecule has 0 amide bonds. The van der Waals surface area contributed by atoms with Gasteiger partial charge in [0.05, 0.1) is 0 Å². The lowest BCUT2D eigenvalue weighted by atomic mass is 9.87. The predicted octanol–water partition coefficient (Wildman–Crippen LogP) is 7.49. The molecular formula is C20H26Br2. The highest BCUT2D eigenvalue weighted by Crippen LogP contribution is 2.24. The summed E-state index contributed by atoms with van der Waals surface area (Å²) in [4.78, 5) is 0. The second-order valence-electron chi connectivity index (χ2n) is 7.51. The lowest BCUT2D eigenvalue weighted by Crippen LogP contribution is -2.10. The topological polar surface area (TPSA) is 0 Å². The van der Waals surface area contributed by atoms with Crippen LogP contribution in [0.4, 0.5) is 0 Å². The molecule has 0 aromatic heterocycles. The van der Waals surface area contributed by atoms with Gasteiger partial charge in [-0.25, -0.2) is 0 Å². The van der Waals surface area contributed by atoms with Gasteiger partial charge in [0.1, 0.15) is 0 Å². The Labute approximate surface area is 152 Å². The van der Waals surface area contributed by atoms with Crippen LogP contribution < -0.4 is 0 Å². The van der Waals surface area contributed by atoms with Crippen molar-refractivity contribution in [1.29, 1.82) is 0 Å². The maximum Gasteiger partial charge on any atom is 0.0175 e. The molecule has 0 aliphatic carbocycles. The molecule has 0 radical (unpaired) electrons. The number of rotatable bonds is 0. The van der Waals surface area contributed by atoms with Crippen molar-refractivity contribution in [3.05, 3.63) is 68.6 Å². The monoisotopic (exact) mass is 424 g/mol. The van der Waals surface area contributed by atoms with Crippen LogP contribution in [0.3, 0.4) is 0 Å². The number of hydrogen-bond acceptors (Lipinski definition) is 0. The summed E-state index contributed by atoms with van der Waals surface area (Å²) < 4.78 is 2.29. The van der Waals surface area contributed by atoms with Crippen LogP contribution in [0.15, 0.2) is 57.5 Å². The molecule has 0 N–H and O–H groups in total. The molecule has 2 rings (SSSR count). The molecule has 0 aliphatic rings. The van der Waals surface area contributed by atoms with Crippen LogP contribution in [0, 0.1) is 0 Å². The summed E-state index contributed by atoms with van der Waals surface area (Å²) in [6.45, 7) is 13.3. The van der Waals surface area contributed by atoms with Crippen LogP contribution >= 0.6 is 31.9 Å². The lowest BCUT2D eigenvalue weighted by molar-refractivity contribution is 0.590. The third-order valence-corrected chi connectivity index (χ3v) is 4.48. The van der Waals surface area contributed by atoms with E-state index >= 15 is 0 Å². The Kier molecular flexibility index (Phi) is 6.88. The van der Waals surface area contributed by atoms with Crippen LogP contribution in [0.5, 0.6) is 0 Å². The summed E-state index contributed by atoms with van der Waals surface area (Å²) in [5.74, 6) is 0. The summed E-state index contributed by atoms with van der Waals surface area (Å²) >= 11 is 6.82. The van der Waals surface area contributed by atoms with E-state index < -0.39 is 0 Å². The molecule has 0 spiro atoms. The fraction of sp³-hybridized carbons (Fsp3) is 0.400. The van der Waals surface area contributed by atoms with Crippen LogP contribution in [0.25, 0.3) is 0 Å². The smallest absolute Gasteiger partial charge is 0.0175 e. The summed E-state index contributed by atoms with van der Waals surface area (Å²) in [5, 5.41) is 0. The van der Waals surface area contributed by atoms with Gasteiger partial charge in [0.15, 0.2) is 0 Å². The highest BCUT2D eigenvalue weighted by molar-refractivity contribution is 9.10. The molecule has 0 aliphatic heterocycles. The van der Waals surface area contributed by atoms with E-state index in [9.17, 15) is 0 Å². The van der Waals surface area contributed by atoms with Crippen molar-refractivity contribution in [2.75, 3.05) is 0 Å². The summed E-state index contributed by atoms with van der Waals surface area (Å²) in [7, 11) is 0. The van der Waals surface area contributed by atoms with Crippen LogP contribution in [0.2, 0.25) is 0 Å². The summed E-state index contributed by atoms with van der Waals surface area (Å²) in [5.41, 5.74) is 3.28. The standard InChI is InChI=1S/2C10H13Br/c2*1-10(2,3)8-4-6-9(11)7-5-8/h2*4-7H,1-3H3. The molecule has 0 saturated carbocycles. The number of halogens is 2. The van der Waals surface area contributed by atoms with E-state index in [0.717, 1.165) is 8.95 Å². The van der Waals surface area contributed by atoms with Crippen molar-refractivity contribution in [2.45, 2.75) is 52.4 Å². The van der Waals surface area contributed by atoms with Crippen LogP contribution in [-0.2, 0) is 10.8 Å². The second-order valence-corrected chi connectivity index (χ2v) is 9.35. The summed E-state index contributed by atoms with van der Waals surface area (Å²) in [6.07, 6.45) is 0. The molecule has 0 bridgehead atoms. The highest BCUT2D eigenvalue weighted by atomic mass is 79.9. The van der Waals surface area contributed by atoms with Gasteiger partial charge in [0, 0.05) is 8.95 Å². The predicted molar refractivity (Wildman–Crippen MR) is 106 cm³/mol. The quantitative estimate of drug-likeness (QED) is 0.409. The Bertz CT molecular complexity index is 512. The minimum absolute atomic E-state index is 0.265. The Morgan fingerprint density at radius 1 is 0.500 bits per heavy atom. The van der Waals surface area contributed by atoms with E-state index in [1.165, 1.54) is 11.1 Å². The van der Waals surface area contributed by atoms with E-state index in [0.29, 0.717) is 0 Å². The zero-order valence-electron chi connectivity index (χ0n) is 14.4. The van der Waals surface area contributed by atoms with Crippen molar-refractivity contribution < 1.29 is 0 Å². The van der Waals surface area contributed by atoms with E-state index in [2.05, 4.69) is 122 Å². The Morgan fingerprint density at radius 3 is 0.909 bits per heavy atom. The van der Waals surface area contributed by atoms with Gasteiger partial charge in [-0.15, -0.1) is 0 Å². The van der Waals surface area contributed by atoms with E-state index in [1.54, 1.807) is 0 Å². The Morgan fingerprint density at radius 2 is 0.727 bits per heavy atom. The first-order chi connectivity index (χ1) is 10.00. The maximum absolute atomic E-state index is 3.41. The molecule has 0 heterocycles. The van der Waals surface area contributed by atoms with E-state index in [1.807, 2.05) is 0 Å². The van der Waals surface area contributed by atoms with Crippen LogP contribution in [0.1, 0.15) is 52.7 Å². The van der Waals surface area contributed by atoms with Gasteiger partial charge in [-0.05, 0) is 46.2 Å². The van der Waals surface area contributed by atoms with Crippen molar-refractivity contribution in [3.63, 3.8) is 0 Å². The minimum Gasteiger partial charge on any atom is -0.0574 e. The minimum atomic E-state index is 0.265. The average molecular weight is 426 g/mol. The maximum atomic E-state index is 3.41. The fourth-order valence-electron chi connectivity index (χ4n) is 1.90. The SMILES string of the molecule is CC(C)(C)c1ccc(Br)cc1.CC(C)(C)c1ccc(Br)cc1. The molecule has 0 fully saturated rings. The fourth-order valence-corrected chi connectivity index (χ4v) is 2.43. The molecule has 0 nitrogen and oxygen atoms in total. The molecule has 2 aromatic carbocycles. The number of benzene rings is 2. The molecule has 0 unspecified atom stereocenters. The van der Waals surface area contributed by atoms with Gasteiger partial charge < -0.3 is 0 Å². The molecular weight excluding hydrogens is 400 g/mol. The second kappa shape index (κ2) is 7.79. The molecule has 2 heteroatoms. The zero-order valence-corrected chi connectivity index (χ0v) is 17.5. The average Bonchev–Trinajstić information content (AvgIpc) is 2.38. The van der Waals surface area contributed by atoms with Gasteiger partial charge in [0.2, 0.25) is 0 Å². The van der Waals surface area contributed by atoms with Gasteiger partial charge in [-0.2, -0.15) is 0 Å². The van der Waals surface area contributed by atoms with Crippen molar-refractivity contribution in [3.8, 4) is 0 Å². The summed E-state index contributed by atoms with van der Waals surface area (Å²) in [6, 6.07) is 17.0. The normalized spacial score (nSPS) is 11.6. The molecule has 120 valence electrons. The van der Waals surface area contributed by atoms with E-state index in [-0.39, 0.29) is 10.8 Å². The first kappa shape index (κ1) is 19.4. The van der Waals surface area contributed by atoms with E-state index in [4.69, 9.17) is 0 Å². The Balaban J connectivity index is 0.000000220. The third kappa shape index (κ3) is 6.66. The molecule has 0 atom stereocenters. The van der Waals surface area contributed by atoms with Crippen LogP contribution in [-0.4, -0.2) is 0 Å². The van der Waals surface area contributed by atoms with Gasteiger partial charge in [0.25, 0.3) is 0 Å². The van der Waals surface area contributed by atoms with Gasteiger partial charge in [-0.1, -0.05) is 97.7 Å². The number of hydrogen-bond donors (Lipinski definition) is 0. The van der Waals surface area contributed by atoms with Crippen molar-refractivity contribution >= 4 is 31.9 Å². The third-order valence-electron chi connectivity index (χ3n) is 3.42. The highest BCUT2D eigenvalue weighted by Gasteiger charge is 2.12. The van der Waals surface area contributed by atoms with Gasteiger partial charge >= 0.3 is 0 Å². The first-order valence-electron chi connectivity index (χ1n) is 7.52. The molecule has 0 saturated heterocycles. The largest absolute Gasteiger partial charge is 0.0574 e. The molecule has 2 aromatic rings. The lowest BCUT2D eigenvalue weighted by Gasteiger charge is -2.18. The van der Waals surface area contributed by atoms with Crippen molar-refractivity contribution in [2.24, 2.45) is 0 Å². The zero-order chi connectivity index (χ0) is 17.0. The first-order valence-corrected chi connectivity index (χ1v) is 9.11. The van der Waals surface area contributed by atoms with Gasteiger partial charge in [-0.3, -0.25) is 0 Å².